The molecule has 132 valence electrons. The number of hydrogen-bond acceptors (Lipinski definition) is 1. The van der Waals surface area contributed by atoms with Gasteiger partial charge in [-0.15, -0.1) is 0 Å². The van der Waals surface area contributed by atoms with Crippen LogP contribution in [0.4, 0.5) is 0 Å². The van der Waals surface area contributed by atoms with E-state index in [4.69, 9.17) is 0 Å². The van der Waals surface area contributed by atoms with Crippen molar-refractivity contribution in [3.8, 4) is 0 Å². The summed E-state index contributed by atoms with van der Waals surface area (Å²) in [6, 6.07) is 6.73. The van der Waals surface area contributed by atoms with Gasteiger partial charge in [0.25, 0.3) is 0 Å². The second kappa shape index (κ2) is 7.31. The van der Waals surface area contributed by atoms with Crippen molar-refractivity contribution in [2.24, 2.45) is 0 Å². The second-order valence-corrected chi connectivity index (χ2v) is 7.28. The van der Waals surface area contributed by atoms with Gasteiger partial charge in [0.05, 0.1) is 0 Å². The molecule has 0 aliphatic carbocycles. The summed E-state index contributed by atoms with van der Waals surface area (Å²) < 4.78 is 0. The molecule has 1 nitrogen and oxygen atoms in total. The summed E-state index contributed by atoms with van der Waals surface area (Å²) >= 11 is 0. The summed E-state index contributed by atoms with van der Waals surface area (Å²) in [6.45, 7) is 23.5. The summed E-state index contributed by atoms with van der Waals surface area (Å²) in [7, 11) is 0. The van der Waals surface area contributed by atoms with Crippen molar-refractivity contribution < 1.29 is 0 Å². The van der Waals surface area contributed by atoms with Gasteiger partial charge >= 0.3 is 0 Å². The monoisotopic (exact) mass is 333 g/mol. The summed E-state index contributed by atoms with van der Waals surface area (Å²) in [6.07, 6.45) is 2.16. The predicted molar refractivity (Wildman–Crippen MR) is 111 cm³/mol. The van der Waals surface area contributed by atoms with Gasteiger partial charge in [0, 0.05) is 17.3 Å². The Morgan fingerprint density at radius 3 is 2.08 bits per heavy atom. The molecule has 1 unspecified atom stereocenters. The highest BCUT2D eigenvalue weighted by molar-refractivity contribution is 5.61. The van der Waals surface area contributed by atoms with E-state index in [2.05, 4.69) is 91.2 Å². The van der Waals surface area contributed by atoms with Crippen molar-refractivity contribution in [1.82, 2.24) is 5.32 Å². The molecule has 0 amide bonds. The van der Waals surface area contributed by atoms with Crippen LogP contribution in [0, 0.1) is 13.8 Å². The quantitative estimate of drug-likeness (QED) is 0.651. The standard InChI is InChI=1S/C24H31N/c1-10-17(7)24-22(15(4)5)23(21(14(2)3)19(9)25-24)20-12-11-16(6)13-18(20)8/h10-13,23,25H,2,4H2,1,3,5-9H3/b17-10-. The molecule has 0 aromatic heterocycles. The topological polar surface area (TPSA) is 12.0 Å². The molecule has 25 heavy (non-hydrogen) atoms. The van der Waals surface area contributed by atoms with E-state index in [1.165, 1.54) is 44.8 Å². The molecule has 0 saturated carbocycles. The molecule has 1 atom stereocenters. The minimum Gasteiger partial charge on any atom is -0.358 e. The van der Waals surface area contributed by atoms with E-state index in [1.54, 1.807) is 0 Å². The maximum Gasteiger partial charge on any atom is 0.0452 e. The van der Waals surface area contributed by atoms with E-state index >= 15 is 0 Å². The number of hydrogen-bond donors (Lipinski definition) is 1. The van der Waals surface area contributed by atoms with Crippen LogP contribution in [0.1, 0.15) is 57.2 Å². The summed E-state index contributed by atoms with van der Waals surface area (Å²) in [4.78, 5) is 0. The SMILES string of the molecule is C=C(C)C1=C(C)NC(/C(C)=C\C)=C(C(=C)C)C1c1ccc(C)cc1C. The number of rotatable bonds is 4. The zero-order valence-electron chi connectivity index (χ0n) is 16.8. The van der Waals surface area contributed by atoms with E-state index in [-0.39, 0.29) is 5.92 Å². The smallest absolute Gasteiger partial charge is 0.0452 e. The number of aryl methyl sites for hydroxylation is 2. The number of dihydropyridines is 1. The zero-order chi connectivity index (χ0) is 18.9. The minimum absolute atomic E-state index is 0.168. The van der Waals surface area contributed by atoms with E-state index in [1.807, 2.05) is 0 Å². The molecule has 1 aromatic rings. The van der Waals surface area contributed by atoms with Crippen molar-refractivity contribution in [3.63, 3.8) is 0 Å². The minimum atomic E-state index is 0.168. The first-order valence-corrected chi connectivity index (χ1v) is 8.93. The Labute approximate surface area is 153 Å². The first-order valence-electron chi connectivity index (χ1n) is 8.93. The van der Waals surface area contributed by atoms with Gasteiger partial charge in [-0.05, 0) is 76.3 Å². The van der Waals surface area contributed by atoms with E-state index in [0.29, 0.717) is 0 Å². The van der Waals surface area contributed by atoms with Crippen molar-refractivity contribution in [1.29, 1.82) is 0 Å². The largest absolute Gasteiger partial charge is 0.358 e. The third kappa shape index (κ3) is 3.56. The maximum atomic E-state index is 4.31. The average Bonchev–Trinajstić information content (AvgIpc) is 2.52. The third-order valence-corrected chi connectivity index (χ3v) is 5.05. The molecule has 0 saturated heterocycles. The number of nitrogens with one attached hydrogen (secondary N) is 1. The molecule has 1 aliphatic heterocycles. The Morgan fingerprint density at radius 2 is 1.60 bits per heavy atom. The van der Waals surface area contributed by atoms with Crippen LogP contribution in [0.25, 0.3) is 0 Å². The second-order valence-electron chi connectivity index (χ2n) is 7.28. The first kappa shape index (κ1) is 19.1. The summed E-state index contributed by atoms with van der Waals surface area (Å²) in [5.41, 5.74) is 12.3. The average molecular weight is 334 g/mol. The lowest BCUT2D eigenvalue weighted by molar-refractivity contribution is 0.788. The maximum absolute atomic E-state index is 4.31. The van der Waals surface area contributed by atoms with Crippen LogP contribution < -0.4 is 5.32 Å². The molecule has 1 heteroatoms. The van der Waals surface area contributed by atoms with Crippen molar-refractivity contribution in [2.45, 2.75) is 54.4 Å². The van der Waals surface area contributed by atoms with Crippen LogP contribution >= 0.6 is 0 Å². The normalized spacial score (nSPS) is 18.4. The van der Waals surface area contributed by atoms with Gasteiger partial charge in [0.1, 0.15) is 0 Å². The van der Waals surface area contributed by atoms with Gasteiger partial charge in [0.15, 0.2) is 0 Å². The Balaban J connectivity index is 2.86. The van der Waals surface area contributed by atoms with Gasteiger partial charge in [-0.3, -0.25) is 0 Å². The highest BCUT2D eigenvalue weighted by Gasteiger charge is 2.32. The van der Waals surface area contributed by atoms with Gasteiger partial charge in [-0.1, -0.05) is 54.1 Å². The van der Waals surface area contributed by atoms with Crippen molar-refractivity contribution in [3.05, 3.63) is 93.4 Å². The van der Waals surface area contributed by atoms with Crippen LogP contribution in [0.15, 0.2) is 76.7 Å². The lowest BCUT2D eigenvalue weighted by Crippen LogP contribution is -2.27. The van der Waals surface area contributed by atoms with E-state index in [0.717, 1.165) is 11.1 Å². The molecule has 1 N–H and O–H groups in total. The Bertz CT molecular complexity index is 828. The Morgan fingerprint density at radius 1 is 1.00 bits per heavy atom. The van der Waals surface area contributed by atoms with Crippen LogP contribution in [0.3, 0.4) is 0 Å². The molecular weight excluding hydrogens is 302 g/mol. The van der Waals surface area contributed by atoms with Crippen LogP contribution in [0.5, 0.6) is 0 Å². The summed E-state index contributed by atoms with van der Waals surface area (Å²) in [5.74, 6) is 0.168. The van der Waals surface area contributed by atoms with E-state index in [9.17, 15) is 0 Å². The van der Waals surface area contributed by atoms with Gasteiger partial charge in [0.2, 0.25) is 0 Å². The van der Waals surface area contributed by atoms with Crippen LogP contribution in [-0.4, -0.2) is 0 Å². The Hall–Kier alpha value is -2.28. The molecule has 0 spiro atoms. The lowest BCUT2D eigenvalue weighted by Gasteiger charge is -2.35. The van der Waals surface area contributed by atoms with Gasteiger partial charge in [-0.2, -0.15) is 0 Å². The predicted octanol–water partition coefficient (Wildman–Crippen LogP) is 6.64. The Kier molecular flexibility index (Phi) is 5.57. The third-order valence-electron chi connectivity index (χ3n) is 5.05. The molecule has 1 heterocycles. The number of allylic oxidation sites excluding steroid dienone is 7. The molecule has 0 fully saturated rings. The molecule has 0 bridgehead atoms. The van der Waals surface area contributed by atoms with Gasteiger partial charge in [-0.25, -0.2) is 0 Å². The fourth-order valence-corrected chi connectivity index (χ4v) is 3.77. The molecular formula is C24H31N. The summed E-state index contributed by atoms with van der Waals surface area (Å²) in [5, 5.41) is 3.63. The lowest BCUT2D eigenvalue weighted by atomic mass is 9.74. The van der Waals surface area contributed by atoms with Crippen LogP contribution in [0.2, 0.25) is 0 Å². The molecule has 0 radical (unpaired) electrons. The fourth-order valence-electron chi connectivity index (χ4n) is 3.77. The molecule has 1 aromatic carbocycles. The highest BCUT2D eigenvalue weighted by atomic mass is 14.9. The van der Waals surface area contributed by atoms with E-state index < -0.39 is 0 Å². The van der Waals surface area contributed by atoms with Crippen molar-refractivity contribution in [2.75, 3.05) is 0 Å². The van der Waals surface area contributed by atoms with Crippen molar-refractivity contribution >= 4 is 0 Å². The zero-order valence-corrected chi connectivity index (χ0v) is 16.8. The van der Waals surface area contributed by atoms with Crippen LogP contribution in [-0.2, 0) is 0 Å². The molecule has 2 rings (SSSR count). The molecule has 1 aliphatic rings. The highest BCUT2D eigenvalue weighted by Crippen LogP contribution is 2.45. The fraction of sp³-hybridized carbons (Fsp3) is 0.333. The number of benzene rings is 1. The first-order chi connectivity index (χ1) is 11.7. The van der Waals surface area contributed by atoms with Gasteiger partial charge < -0.3 is 5.32 Å².